The third-order valence-corrected chi connectivity index (χ3v) is 4.60. The maximum atomic E-state index is 14.1. The van der Waals surface area contributed by atoms with Crippen molar-refractivity contribution in [3.05, 3.63) is 34.9 Å². The summed E-state index contributed by atoms with van der Waals surface area (Å²) < 4.78 is 27.8. The van der Waals surface area contributed by atoms with Gasteiger partial charge >= 0.3 is 0 Å². The van der Waals surface area contributed by atoms with E-state index in [1.165, 1.54) is 19.1 Å². The predicted octanol–water partition coefficient (Wildman–Crippen LogP) is 4.31. The molecule has 1 aromatic carbocycles. The molecular formula is C16H22F2O. The Morgan fingerprint density at radius 3 is 2.37 bits per heavy atom. The first kappa shape index (κ1) is 14.4. The minimum atomic E-state index is -1.26. The fraction of sp³-hybridized carbons (Fsp3) is 0.625. The largest absolute Gasteiger partial charge is 0.385 e. The Morgan fingerprint density at radius 2 is 1.79 bits per heavy atom. The number of rotatable bonds is 1. The molecule has 0 aromatic heterocycles. The van der Waals surface area contributed by atoms with Crippen LogP contribution in [0.4, 0.5) is 8.78 Å². The number of benzene rings is 1. The van der Waals surface area contributed by atoms with Crippen molar-refractivity contribution >= 4 is 0 Å². The third kappa shape index (κ3) is 2.40. The van der Waals surface area contributed by atoms with Crippen LogP contribution in [0, 0.1) is 29.9 Å². The second-order valence-electron chi connectivity index (χ2n) is 6.75. The van der Waals surface area contributed by atoms with Crippen molar-refractivity contribution in [3.8, 4) is 0 Å². The van der Waals surface area contributed by atoms with Gasteiger partial charge < -0.3 is 5.11 Å². The molecule has 1 saturated carbocycles. The fourth-order valence-corrected chi connectivity index (χ4v) is 3.26. The second-order valence-corrected chi connectivity index (χ2v) is 6.75. The summed E-state index contributed by atoms with van der Waals surface area (Å²) in [5.74, 6) is -1.83. The summed E-state index contributed by atoms with van der Waals surface area (Å²) in [6.45, 7) is 7.74. The number of halogens is 2. The van der Waals surface area contributed by atoms with E-state index in [-0.39, 0.29) is 22.5 Å². The van der Waals surface area contributed by atoms with Crippen molar-refractivity contribution in [2.45, 2.75) is 52.6 Å². The Hall–Kier alpha value is -0.960. The zero-order valence-electron chi connectivity index (χ0n) is 12.1. The van der Waals surface area contributed by atoms with Gasteiger partial charge in [0.2, 0.25) is 0 Å². The van der Waals surface area contributed by atoms with Gasteiger partial charge in [0.1, 0.15) is 0 Å². The van der Waals surface area contributed by atoms with Crippen LogP contribution in [0.2, 0.25) is 0 Å². The van der Waals surface area contributed by atoms with Crippen molar-refractivity contribution < 1.29 is 13.9 Å². The van der Waals surface area contributed by atoms with Crippen LogP contribution in [-0.4, -0.2) is 5.11 Å². The first-order valence-electron chi connectivity index (χ1n) is 6.85. The predicted molar refractivity (Wildman–Crippen MR) is 71.8 cm³/mol. The summed E-state index contributed by atoms with van der Waals surface area (Å²) >= 11 is 0. The molecule has 19 heavy (non-hydrogen) atoms. The number of aryl methyl sites for hydroxylation is 1. The summed E-state index contributed by atoms with van der Waals surface area (Å²) in [4.78, 5) is 0. The standard InChI is InChI=1S/C16H22F2O/c1-10-5-6-12(14(18)13(10)17)16(19)8-7-15(3,4)9-11(16)2/h5-6,11,19H,7-9H2,1-4H3. The molecule has 1 N–H and O–H groups in total. The van der Waals surface area contributed by atoms with Gasteiger partial charge in [-0.3, -0.25) is 0 Å². The van der Waals surface area contributed by atoms with Gasteiger partial charge in [0, 0.05) is 5.56 Å². The van der Waals surface area contributed by atoms with E-state index in [2.05, 4.69) is 13.8 Å². The van der Waals surface area contributed by atoms with Crippen molar-refractivity contribution in [3.63, 3.8) is 0 Å². The Kier molecular flexibility index (Phi) is 3.46. The molecule has 106 valence electrons. The van der Waals surface area contributed by atoms with E-state index in [1.807, 2.05) is 6.92 Å². The molecule has 0 heterocycles. The zero-order chi connectivity index (χ0) is 14.4. The van der Waals surface area contributed by atoms with E-state index in [0.29, 0.717) is 6.42 Å². The van der Waals surface area contributed by atoms with Crippen LogP contribution in [0.15, 0.2) is 12.1 Å². The van der Waals surface area contributed by atoms with Gasteiger partial charge in [-0.1, -0.05) is 32.9 Å². The topological polar surface area (TPSA) is 20.2 Å². The van der Waals surface area contributed by atoms with Gasteiger partial charge in [0.05, 0.1) is 5.60 Å². The quantitative estimate of drug-likeness (QED) is 0.804. The number of aliphatic hydroxyl groups is 1. The second kappa shape index (κ2) is 4.55. The molecule has 0 radical (unpaired) electrons. The molecule has 2 unspecified atom stereocenters. The van der Waals surface area contributed by atoms with Gasteiger partial charge in [-0.05, 0) is 43.1 Å². The van der Waals surface area contributed by atoms with Crippen LogP contribution in [0.3, 0.4) is 0 Å². The minimum Gasteiger partial charge on any atom is -0.385 e. The molecule has 1 aliphatic rings. The Labute approximate surface area is 113 Å². The van der Waals surface area contributed by atoms with Crippen LogP contribution < -0.4 is 0 Å². The molecule has 1 fully saturated rings. The molecule has 1 aromatic rings. The smallest absolute Gasteiger partial charge is 0.165 e. The van der Waals surface area contributed by atoms with Crippen LogP contribution in [0.25, 0.3) is 0 Å². The summed E-state index contributed by atoms with van der Waals surface area (Å²) in [6.07, 6.45) is 2.09. The lowest BCUT2D eigenvalue weighted by Crippen LogP contribution is -2.42. The summed E-state index contributed by atoms with van der Waals surface area (Å²) in [7, 11) is 0. The monoisotopic (exact) mass is 268 g/mol. The SMILES string of the molecule is Cc1ccc(C2(O)CCC(C)(C)CC2C)c(F)c1F. The maximum absolute atomic E-state index is 14.1. The van der Waals surface area contributed by atoms with Crippen LogP contribution >= 0.6 is 0 Å². The average Bonchev–Trinajstić information content (AvgIpc) is 2.31. The van der Waals surface area contributed by atoms with E-state index in [1.54, 1.807) is 0 Å². The molecule has 1 nitrogen and oxygen atoms in total. The van der Waals surface area contributed by atoms with Crippen LogP contribution in [0.5, 0.6) is 0 Å². The van der Waals surface area contributed by atoms with Gasteiger partial charge in [-0.25, -0.2) is 8.78 Å². The molecule has 0 spiro atoms. The Balaban J connectivity index is 2.44. The highest BCUT2D eigenvalue weighted by Gasteiger charge is 2.45. The minimum absolute atomic E-state index is 0.0899. The Bertz CT molecular complexity index is 496. The van der Waals surface area contributed by atoms with E-state index in [4.69, 9.17) is 0 Å². The number of hydrogen-bond donors (Lipinski definition) is 1. The van der Waals surface area contributed by atoms with E-state index in [0.717, 1.165) is 12.8 Å². The molecule has 2 rings (SSSR count). The molecule has 2 atom stereocenters. The van der Waals surface area contributed by atoms with Crippen molar-refractivity contribution in [2.24, 2.45) is 11.3 Å². The average molecular weight is 268 g/mol. The lowest BCUT2D eigenvalue weighted by Gasteiger charge is -2.45. The maximum Gasteiger partial charge on any atom is 0.165 e. The summed E-state index contributed by atoms with van der Waals surface area (Å²) in [5.41, 5.74) is -0.730. The highest BCUT2D eigenvalue weighted by atomic mass is 19.2. The van der Waals surface area contributed by atoms with E-state index < -0.39 is 17.2 Å². The van der Waals surface area contributed by atoms with E-state index in [9.17, 15) is 13.9 Å². The lowest BCUT2D eigenvalue weighted by molar-refractivity contribution is -0.0795. The summed E-state index contributed by atoms with van der Waals surface area (Å²) in [5, 5.41) is 10.8. The molecule has 0 saturated heterocycles. The molecule has 0 aliphatic heterocycles. The normalized spacial score (nSPS) is 30.4. The molecule has 0 amide bonds. The molecule has 1 aliphatic carbocycles. The summed E-state index contributed by atoms with van der Waals surface area (Å²) in [6, 6.07) is 3.07. The zero-order valence-corrected chi connectivity index (χ0v) is 12.1. The first-order chi connectivity index (χ1) is 8.67. The van der Waals surface area contributed by atoms with E-state index >= 15 is 0 Å². The molecular weight excluding hydrogens is 246 g/mol. The van der Waals surface area contributed by atoms with Gasteiger partial charge in [-0.15, -0.1) is 0 Å². The first-order valence-corrected chi connectivity index (χ1v) is 6.85. The van der Waals surface area contributed by atoms with Crippen molar-refractivity contribution in [2.75, 3.05) is 0 Å². The lowest BCUT2D eigenvalue weighted by atomic mass is 9.63. The molecule has 0 bridgehead atoms. The Morgan fingerprint density at radius 1 is 1.16 bits per heavy atom. The third-order valence-electron chi connectivity index (χ3n) is 4.60. The number of hydrogen-bond acceptors (Lipinski definition) is 1. The van der Waals surface area contributed by atoms with Crippen molar-refractivity contribution in [1.82, 2.24) is 0 Å². The van der Waals surface area contributed by atoms with Crippen LogP contribution in [-0.2, 0) is 5.60 Å². The highest BCUT2D eigenvalue weighted by Crippen LogP contribution is 2.49. The van der Waals surface area contributed by atoms with Gasteiger partial charge in [-0.2, -0.15) is 0 Å². The highest BCUT2D eigenvalue weighted by molar-refractivity contribution is 5.31. The molecule has 3 heteroatoms. The van der Waals surface area contributed by atoms with Crippen LogP contribution in [0.1, 0.15) is 51.2 Å². The van der Waals surface area contributed by atoms with Gasteiger partial charge in [0.15, 0.2) is 11.6 Å². The fourth-order valence-electron chi connectivity index (χ4n) is 3.26. The van der Waals surface area contributed by atoms with Gasteiger partial charge in [0.25, 0.3) is 0 Å². The van der Waals surface area contributed by atoms with Crippen molar-refractivity contribution in [1.29, 1.82) is 0 Å².